The number of carboxylic acids is 1. The summed E-state index contributed by atoms with van der Waals surface area (Å²) in [7, 11) is 0. The van der Waals surface area contributed by atoms with Crippen molar-refractivity contribution in [3.05, 3.63) is 28.2 Å². The molecule has 0 heterocycles. The molecule has 68 valence electrons. The van der Waals surface area contributed by atoms with E-state index < -0.39 is 5.97 Å². The van der Waals surface area contributed by atoms with Crippen molar-refractivity contribution in [3.8, 4) is 0 Å². The summed E-state index contributed by atoms with van der Waals surface area (Å²) >= 11 is 3.17. The number of carbonyl (C=O) groups excluding carboxylic acids is 1. The van der Waals surface area contributed by atoms with E-state index in [1.165, 1.54) is 12.1 Å². The topological polar surface area (TPSA) is 66.4 Å². The van der Waals surface area contributed by atoms with E-state index in [1.807, 2.05) is 0 Å². The van der Waals surface area contributed by atoms with E-state index in [0.29, 0.717) is 10.9 Å². The fourth-order valence-electron chi connectivity index (χ4n) is 0.886. The van der Waals surface area contributed by atoms with Crippen LogP contribution in [0.5, 0.6) is 0 Å². The maximum Gasteiger partial charge on any atom is 0.337 e. The van der Waals surface area contributed by atoms with Gasteiger partial charge < -0.3 is 10.4 Å². The monoisotopic (exact) mass is 243 g/mol. The highest BCUT2D eigenvalue weighted by Gasteiger charge is 2.08. The number of hydrogen-bond donors (Lipinski definition) is 2. The lowest BCUT2D eigenvalue weighted by atomic mass is 10.2. The number of benzene rings is 1. The van der Waals surface area contributed by atoms with Crippen molar-refractivity contribution in [2.75, 3.05) is 5.32 Å². The van der Waals surface area contributed by atoms with Crippen LogP contribution in [0.15, 0.2) is 22.7 Å². The summed E-state index contributed by atoms with van der Waals surface area (Å²) < 4.78 is 0.710. The van der Waals surface area contributed by atoms with Gasteiger partial charge in [-0.2, -0.15) is 0 Å². The largest absolute Gasteiger partial charge is 0.478 e. The van der Waals surface area contributed by atoms with E-state index in [0.717, 1.165) is 0 Å². The molecule has 0 aliphatic rings. The Hall–Kier alpha value is -1.36. The number of carbonyl (C=O) groups is 2. The molecule has 1 aromatic carbocycles. The van der Waals surface area contributed by atoms with Crippen LogP contribution in [0.4, 0.5) is 5.69 Å². The maximum absolute atomic E-state index is 10.6. The summed E-state index contributed by atoms with van der Waals surface area (Å²) in [6.07, 6.45) is 0.439. The number of halogens is 1. The average Bonchev–Trinajstić information content (AvgIpc) is 2.04. The summed E-state index contributed by atoms with van der Waals surface area (Å²) in [4.78, 5) is 20.8. The first-order chi connectivity index (χ1) is 6.15. The second kappa shape index (κ2) is 4.04. The molecule has 0 fully saturated rings. The van der Waals surface area contributed by atoms with Gasteiger partial charge in [-0.05, 0) is 18.2 Å². The first-order valence-corrected chi connectivity index (χ1v) is 4.17. The molecule has 0 radical (unpaired) electrons. The minimum Gasteiger partial charge on any atom is -0.478 e. The van der Waals surface area contributed by atoms with Gasteiger partial charge >= 0.3 is 5.97 Å². The third kappa shape index (κ3) is 2.29. The second-order valence-electron chi connectivity index (χ2n) is 2.26. The first kappa shape index (κ1) is 9.73. The average molecular weight is 244 g/mol. The molecule has 1 aromatic rings. The van der Waals surface area contributed by atoms with Crippen molar-refractivity contribution in [2.45, 2.75) is 0 Å². The Labute approximate surface area is 82.7 Å². The predicted octanol–water partition coefficient (Wildman–Crippen LogP) is 1.72. The Balaban J connectivity index is 3.17. The fourth-order valence-corrected chi connectivity index (χ4v) is 1.25. The summed E-state index contributed by atoms with van der Waals surface area (Å²) in [5, 5.41) is 11.0. The lowest BCUT2D eigenvalue weighted by Gasteiger charge is -2.03. The molecule has 1 amide bonds. The first-order valence-electron chi connectivity index (χ1n) is 3.38. The molecule has 0 spiro atoms. The second-order valence-corrected chi connectivity index (χ2v) is 3.17. The molecule has 0 unspecified atom stereocenters. The van der Waals surface area contributed by atoms with Gasteiger partial charge in [0.05, 0.1) is 11.3 Å². The van der Waals surface area contributed by atoms with Gasteiger partial charge in [0, 0.05) is 4.47 Å². The Bertz CT molecular complexity index is 351. The predicted molar refractivity (Wildman–Crippen MR) is 50.8 cm³/mol. The van der Waals surface area contributed by atoms with Crippen molar-refractivity contribution in [1.29, 1.82) is 0 Å². The third-order valence-electron chi connectivity index (χ3n) is 1.43. The number of carboxylic acid groups (broad SMARTS) is 1. The molecule has 0 bridgehead atoms. The number of amides is 1. The summed E-state index contributed by atoms with van der Waals surface area (Å²) in [5.41, 5.74) is 0.340. The highest BCUT2D eigenvalue weighted by atomic mass is 79.9. The maximum atomic E-state index is 10.6. The number of rotatable bonds is 3. The molecule has 2 N–H and O–H groups in total. The van der Waals surface area contributed by atoms with E-state index in [1.54, 1.807) is 6.07 Å². The van der Waals surface area contributed by atoms with Crippen LogP contribution in [0.1, 0.15) is 10.4 Å². The van der Waals surface area contributed by atoms with Gasteiger partial charge in [0.2, 0.25) is 6.41 Å². The van der Waals surface area contributed by atoms with Gasteiger partial charge in [-0.15, -0.1) is 0 Å². The minimum atomic E-state index is -1.07. The van der Waals surface area contributed by atoms with Crippen LogP contribution in [0, 0.1) is 0 Å². The van der Waals surface area contributed by atoms with Crippen molar-refractivity contribution in [1.82, 2.24) is 0 Å². The molecule has 0 aliphatic heterocycles. The summed E-state index contributed by atoms with van der Waals surface area (Å²) in [6.45, 7) is 0. The molecule has 4 nitrogen and oxygen atoms in total. The standard InChI is InChI=1S/C8H6BrNO3/c9-5-1-2-6(8(12)13)7(3-5)10-4-11/h1-4H,(H,10,11)(H,12,13). The molecule has 0 aliphatic carbocycles. The number of anilines is 1. The highest BCUT2D eigenvalue weighted by molar-refractivity contribution is 9.10. The van der Waals surface area contributed by atoms with Crippen molar-refractivity contribution in [2.24, 2.45) is 0 Å². The number of aromatic carboxylic acids is 1. The number of hydrogen-bond acceptors (Lipinski definition) is 2. The zero-order valence-electron chi connectivity index (χ0n) is 6.45. The summed E-state index contributed by atoms with van der Waals surface area (Å²) in [6, 6.07) is 4.54. The lowest BCUT2D eigenvalue weighted by molar-refractivity contribution is -0.105. The molecule has 0 saturated heterocycles. The van der Waals surface area contributed by atoms with Gasteiger partial charge in [-0.1, -0.05) is 15.9 Å². The summed E-state index contributed by atoms with van der Waals surface area (Å²) in [5.74, 6) is -1.07. The molecule has 0 atom stereocenters. The van der Waals surface area contributed by atoms with Gasteiger partial charge in [0.25, 0.3) is 0 Å². The van der Waals surface area contributed by atoms with Gasteiger partial charge in [-0.25, -0.2) is 4.79 Å². The Morgan fingerprint density at radius 3 is 2.77 bits per heavy atom. The van der Waals surface area contributed by atoms with E-state index in [9.17, 15) is 9.59 Å². The van der Waals surface area contributed by atoms with Crippen LogP contribution < -0.4 is 5.32 Å². The van der Waals surface area contributed by atoms with E-state index in [4.69, 9.17) is 5.11 Å². The van der Waals surface area contributed by atoms with Crippen LogP contribution in [0.3, 0.4) is 0 Å². The van der Waals surface area contributed by atoms with Gasteiger partial charge in [-0.3, -0.25) is 4.79 Å². The lowest BCUT2D eigenvalue weighted by Crippen LogP contribution is -2.04. The van der Waals surface area contributed by atoms with E-state index >= 15 is 0 Å². The zero-order valence-corrected chi connectivity index (χ0v) is 8.04. The zero-order chi connectivity index (χ0) is 9.84. The van der Waals surface area contributed by atoms with Crippen molar-refractivity contribution in [3.63, 3.8) is 0 Å². The van der Waals surface area contributed by atoms with Crippen LogP contribution in [-0.4, -0.2) is 17.5 Å². The van der Waals surface area contributed by atoms with E-state index in [-0.39, 0.29) is 11.3 Å². The quantitative estimate of drug-likeness (QED) is 0.795. The highest BCUT2D eigenvalue weighted by Crippen LogP contribution is 2.20. The van der Waals surface area contributed by atoms with Crippen LogP contribution in [0.2, 0.25) is 0 Å². The Morgan fingerprint density at radius 2 is 2.23 bits per heavy atom. The third-order valence-corrected chi connectivity index (χ3v) is 1.92. The molecule has 5 heteroatoms. The van der Waals surface area contributed by atoms with Crippen LogP contribution in [0.25, 0.3) is 0 Å². The minimum absolute atomic E-state index is 0.0651. The van der Waals surface area contributed by atoms with Crippen molar-refractivity contribution < 1.29 is 14.7 Å². The van der Waals surface area contributed by atoms with E-state index in [2.05, 4.69) is 21.2 Å². The normalized spacial score (nSPS) is 9.31. The number of nitrogens with one attached hydrogen (secondary N) is 1. The van der Waals surface area contributed by atoms with Crippen LogP contribution >= 0.6 is 15.9 Å². The van der Waals surface area contributed by atoms with Crippen LogP contribution in [-0.2, 0) is 4.79 Å². The Kier molecular flexibility index (Phi) is 3.02. The molecule has 13 heavy (non-hydrogen) atoms. The molecular formula is C8H6BrNO3. The Morgan fingerprint density at radius 1 is 1.54 bits per heavy atom. The van der Waals surface area contributed by atoms with Crippen molar-refractivity contribution >= 4 is 34.0 Å². The molecule has 0 saturated carbocycles. The van der Waals surface area contributed by atoms with Gasteiger partial charge in [0.1, 0.15) is 0 Å². The SMILES string of the molecule is O=CNc1cc(Br)ccc1C(=O)O. The molecule has 1 rings (SSSR count). The fraction of sp³-hybridized carbons (Fsp3) is 0. The molecule has 0 aromatic heterocycles. The molecular weight excluding hydrogens is 238 g/mol. The van der Waals surface area contributed by atoms with Gasteiger partial charge in [0.15, 0.2) is 0 Å². The smallest absolute Gasteiger partial charge is 0.337 e.